The molecular weight excluding hydrogens is 1340 g/mol. The molecular formula is C69H78NO29P. The molecule has 1 amide bonds. The van der Waals surface area contributed by atoms with E-state index in [0.717, 1.165) is 47.1 Å². The largest absolute Gasteiger partial charge is 0.476 e. The summed E-state index contributed by atoms with van der Waals surface area (Å²) in [6.07, 6.45) is -28.1. The van der Waals surface area contributed by atoms with Crippen molar-refractivity contribution < 1.29 is 137 Å². The molecule has 31 heteroatoms. The molecule has 0 aromatic heterocycles. The number of hydrogen-bond acceptors (Lipinski definition) is 29. The van der Waals surface area contributed by atoms with E-state index in [1.165, 1.54) is 12.1 Å². The molecule has 8 rings (SSSR count). The quantitative estimate of drug-likeness (QED) is 0.0279. The van der Waals surface area contributed by atoms with Gasteiger partial charge in [0, 0.05) is 41.5 Å². The molecule has 0 radical (unpaired) electrons. The van der Waals surface area contributed by atoms with Crippen molar-refractivity contribution in [1.82, 2.24) is 5.32 Å². The van der Waals surface area contributed by atoms with Crippen molar-refractivity contribution in [2.24, 2.45) is 0 Å². The van der Waals surface area contributed by atoms with E-state index in [9.17, 15) is 48.3 Å². The third kappa shape index (κ3) is 23.0. The highest BCUT2D eigenvalue weighted by atomic mass is 31.2. The van der Waals surface area contributed by atoms with Gasteiger partial charge in [0.25, 0.3) is 0 Å². The lowest BCUT2D eigenvalue weighted by atomic mass is 9.95. The Morgan fingerprint density at radius 1 is 0.480 bits per heavy atom. The zero-order valence-corrected chi connectivity index (χ0v) is 56.4. The Morgan fingerprint density at radius 2 is 0.930 bits per heavy atom. The highest BCUT2D eigenvalue weighted by Gasteiger charge is 2.59. The number of carbonyl (C=O) groups excluding carboxylic acids is 9. The minimum Gasteiger partial charge on any atom is -0.463 e. The van der Waals surface area contributed by atoms with Gasteiger partial charge in [-0.1, -0.05) is 139 Å². The second kappa shape index (κ2) is 37.4. The van der Waals surface area contributed by atoms with Gasteiger partial charge in [0.15, 0.2) is 67.6 Å². The lowest BCUT2D eigenvalue weighted by Crippen LogP contribution is -2.68. The summed E-state index contributed by atoms with van der Waals surface area (Å²) in [6.45, 7) is 2.94. The Labute approximate surface area is 574 Å². The van der Waals surface area contributed by atoms with Crippen molar-refractivity contribution in [2.75, 3.05) is 26.4 Å². The Kier molecular flexibility index (Phi) is 28.7. The first-order chi connectivity index (χ1) is 47.9. The topological polar surface area (TPSA) is 369 Å². The average Bonchev–Trinajstić information content (AvgIpc) is 0.764. The normalized spacial score (nSPS) is 24.5. The van der Waals surface area contributed by atoms with E-state index >= 15 is 4.57 Å². The second-order valence-corrected chi connectivity index (χ2v) is 24.5. The predicted molar refractivity (Wildman–Crippen MR) is 339 cm³/mol. The van der Waals surface area contributed by atoms with Crippen LogP contribution in [-0.4, -0.2) is 177 Å². The lowest BCUT2D eigenvalue weighted by molar-refractivity contribution is -0.373. The number of benzene rings is 5. The van der Waals surface area contributed by atoms with E-state index in [-0.39, 0.29) is 18.8 Å². The first kappa shape index (κ1) is 76.7. The molecule has 0 aliphatic carbocycles. The first-order valence-corrected chi connectivity index (χ1v) is 33.0. The SMILES string of the molecule is CC(=O)OC[C@H]1O[C@@H](O[C@H]2[C@@H](OC(=O)c3ccc(C)cc3)[C@@H](CO)O[C@@H](O[C@@H]3CO[C@@H](OC[C@H](NC(=O)OCc4ccccc4)C(=O)OCc4ccccc4)[C@H](OP(=O)(OCc4ccccc4)OCc4ccccc4)[C@H]3OC(C)=O)[C@@H]2OC(C)=O)[C@H](OC(C)=O)[C@@H](OC(C)=O)[C@H]1OC(C)=O. The summed E-state index contributed by atoms with van der Waals surface area (Å²) in [4.78, 5) is 120. The van der Waals surface area contributed by atoms with Crippen molar-refractivity contribution in [2.45, 2.75) is 167 Å². The number of nitrogens with one attached hydrogen (secondary N) is 1. The molecule has 30 nitrogen and oxygen atoms in total. The molecule has 5 aromatic rings. The highest BCUT2D eigenvalue weighted by molar-refractivity contribution is 7.48. The molecule has 3 aliphatic heterocycles. The number of hydrogen-bond donors (Lipinski definition) is 2. The number of rotatable bonds is 31. The van der Waals surface area contributed by atoms with Crippen molar-refractivity contribution in [3.05, 3.63) is 179 Å². The van der Waals surface area contributed by atoms with Crippen molar-refractivity contribution in [3.8, 4) is 0 Å². The van der Waals surface area contributed by atoms with Gasteiger partial charge in [-0.2, -0.15) is 0 Å². The summed E-state index contributed by atoms with van der Waals surface area (Å²) >= 11 is 0. The van der Waals surface area contributed by atoms with Gasteiger partial charge < -0.3 is 81.5 Å². The van der Waals surface area contributed by atoms with Gasteiger partial charge in [-0.15, -0.1) is 0 Å². The van der Waals surface area contributed by atoms with Crippen molar-refractivity contribution in [3.63, 3.8) is 0 Å². The van der Waals surface area contributed by atoms with Gasteiger partial charge >= 0.3 is 61.7 Å². The Hall–Kier alpha value is -9.04. The highest BCUT2D eigenvalue weighted by Crippen LogP contribution is 2.54. The lowest BCUT2D eigenvalue weighted by Gasteiger charge is -2.49. The van der Waals surface area contributed by atoms with E-state index in [2.05, 4.69) is 5.32 Å². The molecule has 100 heavy (non-hydrogen) atoms. The van der Waals surface area contributed by atoms with E-state index in [1.54, 1.807) is 140 Å². The van der Waals surface area contributed by atoms with Crippen LogP contribution in [0.25, 0.3) is 0 Å². The van der Waals surface area contributed by atoms with E-state index in [4.69, 9.17) is 84.6 Å². The van der Waals surface area contributed by atoms with E-state index < -0.39 is 193 Å². The Bertz CT molecular complexity index is 3520. The Balaban J connectivity index is 1.21. The van der Waals surface area contributed by atoms with Gasteiger partial charge in [-0.05, 0) is 41.3 Å². The fraction of sp³-hybridized carbons (Fsp3) is 0.435. The summed E-state index contributed by atoms with van der Waals surface area (Å²) in [6, 6.07) is 38.3. The number of phosphoric acid groups is 1. The molecule has 3 saturated heterocycles. The fourth-order valence-electron chi connectivity index (χ4n) is 10.5. The summed E-state index contributed by atoms with van der Waals surface area (Å²) in [5.41, 5.74) is 2.84. The maximum absolute atomic E-state index is 15.6. The maximum Gasteiger partial charge on any atom is 0.476 e. The smallest absolute Gasteiger partial charge is 0.463 e. The third-order valence-corrected chi connectivity index (χ3v) is 16.4. The molecule has 3 aliphatic rings. The van der Waals surface area contributed by atoms with Gasteiger partial charge in [0.1, 0.15) is 44.2 Å². The van der Waals surface area contributed by atoms with Crippen molar-refractivity contribution in [1.29, 1.82) is 0 Å². The molecule has 2 N–H and O–H groups in total. The number of esters is 8. The van der Waals surface area contributed by atoms with E-state index in [0.29, 0.717) is 22.3 Å². The molecule has 0 spiro atoms. The van der Waals surface area contributed by atoms with Crippen LogP contribution < -0.4 is 5.32 Å². The second-order valence-electron chi connectivity index (χ2n) is 22.9. The van der Waals surface area contributed by atoms with Crippen molar-refractivity contribution >= 4 is 61.7 Å². The van der Waals surface area contributed by atoms with Gasteiger partial charge in [0.05, 0.1) is 38.6 Å². The van der Waals surface area contributed by atoms with Gasteiger partial charge in [0.2, 0.25) is 0 Å². The number of carbonyl (C=O) groups is 9. The zero-order chi connectivity index (χ0) is 71.9. The molecule has 5 aromatic carbocycles. The fourth-order valence-corrected chi connectivity index (χ4v) is 11.8. The predicted octanol–water partition coefficient (Wildman–Crippen LogP) is 6.29. The first-order valence-electron chi connectivity index (χ1n) is 31.5. The molecule has 0 saturated carbocycles. The van der Waals surface area contributed by atoms with Crippen LogP contribution in [0.3, 0.4) is 0 Å². The number of aliphatic hydroxyl groups is 1. The number of amides is 1. The standard InChI is InChI=1S/C69H78NO29P/c1-40-28-30-51(31-29-40)64(78)97-56-53(32-71)94-67(62(93-46(7)77)60(56)98-68-61(92-45(6)76)59(91-44(5)75)57(89-42(3)73)54(96-68)38-82-41(2)72)95-55-39-85-66(84-37-52(65(79)83-33-47-20-12-8-13-21-47)70-69(80)86-34-48-22-14-9-15-23-48)63(58(55)90-43(4)74)99-100(81,87-35-49-24-16-10-17-25-49)88-36-50-26-18-11-19-27-50/h8-31,52-63,66-68,71H,32-39H2,1-7H3,(H,70,80)/t52-,53+,54+,55+,56-,57-,58-,59-,60-,61+,62+,63+,66+,67-,68-/m0/s1. The molecule has 0 unspecified atom stereocenters. The number of phosphoric ester groups is 1. The van der Waals surface area contributed by atoms with Crippen LogP contribution in [0.1, 0.15) is 79.7 Å². The number of aliphatic hydroxyl groups excluding tert-OH is 1. The van der Waals surface area contributed by atoms with Gasteiger partial charge in [-0.3, -0.25) is 42.3 Å². The van der Waals surface area contributed by atoms with E-state index in [1.807, 2.05) is 0 Å². The third-order valence-electron chi connectivity index (χ3n) is 15.0. The molecule has 3 heterocycles. The zero-order valence-electron chi connectivity index (χ0n) is 55.5. The van der Waals surface area contributed by atoms with Crippen LogP contribution in [0.2, 0.25) is 0 Å². The minimum absolute atomic E-state index is 0.0471. The summed E-state index contributed by atoms with van der Waals surface area (Å²) in [5.74, 6) is -8.14. The number of ether oxygens (including phenoxy) is 15. The van der Waals surface area contributed by atoms with Crippen LogP contribution in [0, 0.1) is 6.92 Å². The summed E-state index contributed by atoms with van der Waals surface area (Å²) in [7, 11) is -5.09. The van der Waals surface area contributed by atoms with Crippen LogP contribution in [0.15, 0.2) is 146 Å². The molecule has 538 valence electrons. The molecule has 3 fully saturated rings. The molecule has 0 bridgehead atoms. The average molecular weight is 1420 g/mol. The monoisotopic (exact) mass is 1420 g/mol. The number of alkyl carbamates (subject to hydrolysis) is 1. The molecule has 15 atom stereocenters. The van der Waals surface area contributed by atoms with Crippen LogP contribution in [0.5, 0.6) is 0 Å². The minimum atomic E-state index is -5.09. The number of aryl methyl sites for hydroxylation is 1. The van der Waals surface area contributed by atoms with Crippen LogP contribution in [-0.2, 0) is 149 Å². The van der Waals surface area contributed by atoms with Crippen LogP contribution in [0.4, 0.5) is 4.79 Å². The maximum atomic E-state index is 15.6. The Morgan fingerprint density at radius 3 is 1.44 bits per heavy atom. The summed E-state index contributed by atoms with van der Waals surface area (Å²) < 4.78 is 124. The van der Waals surface area contributed by atoms with Crippen LogP contribution >= 0.6 is 7.82 Å². The van der Waals surface area contributed by atoms with Gasteiger partial charge in [-0.25, -0.2) is 18.9 Å². The summed E-state index contributed by atoms with van der Waals surface area (Å²) in [5, 5.41) is 13.8.